The Labute approximate surface area is 204 Å². The van der Waals surface area contributed by atoms with Gasteiger partial charge in [0, 0.05) is 51.6 Å². The Morgan fingerprint density at radius 2 is 1.91 bits per heavy atom. The lowest BCUT2D eigenvalue weighted by Gasteiger charge is -2.38. The van der Waals surface area contributed by atoms with Crippen LogP contribution in [0.15, 0.2) is 24.3 Å². The van der Waals surface area contributed by atoms with Crippen molar-refractivity contribution in [2.75, 3.05) is 52.4 Å². The highest BCUT2D eigenvalue weighted by molar-refractivity contribution is 6.30. The van der Waals surface area contributed by atoms with E-state index in [9.17, 15) is 18.8 Å². The molecule has 3 fully saturated rings. The monoisotopic (exact) mass is 490 g/mol. The Bertz CT molecular complexity index is 961. The van der Waals surface area contributed by atoms with Gasteiger partial charge in [0.2, 0.25) is 17.7 Å². The number of halogens is 2. The number of amides is 3. The molecule has 0 unspecified atom stereocenters. The van der Waals surface area contributed by atoms with Gasteiger partial charge < -0.3 is 20.0 Å². The van der Waals surface area contributed by atoms with Crippen LogP contribution in [0.4, 0.5) is 4.39 Å². The Morgan fingerprint density at radius 3 is 2.62 bits per heavy atom. The number of nitrogens with zero attached hydrogens (tertiary/aromatic N) is 3. The molecule has 3 aliphatic heterocycles. The zero-order chi connectivity index (χ0) is 24.1. The summed E-state index contributed by atoms with van der Waals surface area (Å²) in [6, 6.07) is 4.30. The van der Waals surface area contributed by atoms with Gasteiger partial charge in [-0.05, 0) is 68.1 Å². The van der Waals surface area contributed by atoms with Crippen LogP contribution in [0.3, 0.4) is 0 Å². The number of carbonyl (C=O) groups is 3. The molecule has 3 amide bonds. The lowest BCUT2D eigenvalue weighted by molar-refractivity contribution is -0.130. The molecular weight excluding hydrogens is 459 g/mol. The molecule has 1 aromatic rings. The Balaban J connectivity index is 1.20. The molecule has 1 aromatic carbocycles. The van der Waals surface area contributed by atoms with Crippen molar-refractivity contribution in [3.63, 3.8) is 0 Å². The topological polar surface area (TPSA) is 73.0 Å². The number of likely N-dealkylation sites (tertiary alicyclic amines) is 1. The Morgan fingerprint density at radius 1 is 1.12 bits per heavy atom. The fourth-order valence-corrected chi connectivity index (χ4v) is 5.24. The lowest BCUT2D eigenvalue weighted by Crippen LogP contribution is -2.42. The lowest BCUT2D eigenvalue weighted by atomic mass is 9.77. The average molecular weight is 491 g/mol. The number of carbonyl (C=O) groups excluding carboxylic acids is 3. The second kappa shape index (κ2) is 10.9. The standard InChI is InChI=1S/C25H32ClFN4O3/c26-20-16-19(2-4-21(20)27)3-5-23(33)31-11-6-24(34)30(14-15-31)10-1-9-29-12-7-25(8-13-29)17-22(32)28-18-25/h2-5,16H,1,6-15,17-18H2,(H,28,32). The van der Waals surface area contributed by atoms with Crippen molar-refractivity contribution in [1.29, 1.82) is 0 Å². The van der Waals surface area contributed by atoms with E-state index in [2.05, 4.69) is 10.2 Å². The number of rotatable bonds is 6. The predicted octanol–water partition coefficient (Wildman–Crippen LogP) is 2.55. The third-order valence-electron chi connectivity index (χ3n) is 7.28. The molecule has 7 nitrogen and oxygen atoms in total. The molecule has 3 heterocycles. The van der Waals surface area contributed by atoms with Gasteiger partial charge in [-0.1, -0.05) is 17.7 Å². The molecule has 1 spiro atoms. The van der Waals surface area contributed by atoms with Crippen molar-refractivity contribution in [1.82, 2.24) is 20.0 Å². The van der Waals surface area contributed by atoms with Gasteiger partial charge >= 0.3 is 0 Å². The minimum absolute atomic E-state index is 0.0142. The van der Waals surface area contributed by atoms with Gasteiger partial charge in [0.05, 0.1) is 5.02 Å². The van der Waals surface area contributed by atoms with E-state index in [0.717, 1.165) is 45.4 Å². The Hall–Kier alpha value is -2.45. The first-order valence-corrected chi connectivity index (χ1v) is 12.4. The van der Waals surface area contributed by atoms with Crippen molar-refractivity contribution in [2.24, 2.45) is 5.41 Å². The molecule has 3 saturated heterocycles. The molecule has 3 aliphatic rings. The van der Waals surface area contributed by atoms with Crippen molar-refractivity contribution in [3.8, 4) is 0 Å². The van der Waals surface area contributed by atoms with Gasteiger partial charge in [-0.15, -0.1) is 0 Å². The highest BCUT2D eigenvalue weighted by Crippen LogP contribution is 2.37. The quantitative estimate of drug-likeness (QED) is 0.622. The number of hydrogen-bond acceptors (Lipinski definition) is 4. The van der Waals surface area contributed by atoms with Crippen LogP contribution in [0.1, 0.15) is 37.7 Å². The van der Waals surface area contributed by atoms with E-state index in [0.29, 0.717) is 44.6 Å². The SMILES string of the molecule is O=C1CC2(CCN(CCCN3CCN(C(=O)C=Cc4ccc(F)c(Cl)c4)CCC3=O)CC2)CN1. The molecule has 34 heavy (non-hydrogen) atoms. The summed E-state index contributed by atoms with van der Waals surface area (Å²) < 4.78 is 13.3. The molecule has 4 rings (SSSR count). The van der Waals surface area contributed by atoms with E-state index >= 15 is 0 Å². The van der Waals surface area contributed by atoms with E-state index < -0.39 is 5.82 Å². The zero-order valence-corrected chi connectivity index (χ0v) is 20.2. The number of hydrogen-bond donors (Lipinski definition) is 1. The molecule has 0 bridgehead atoms. The van der Waals surface area contributed by atoms with Crippen LogP contribution in [0, 0.1) is 11.2 Å². The maximum atomic E-state index is 13.3. The molecule has 0 aromatic heterocycles. The summed E-state index contributed by atoms with van der Waals surface area (Å²) in [6.07, 6.45) is 7.01. The summed E-state index contributed by atoms with van der Waals surface area (Å²) in [6.45, 7) is 5.84. The van der Waals surface area contributed by atoms with Gasteiger partial charge in [0.25, 0.3) is 0 Å². The van der Waals surface area contributed by atoms with Crippen LogP contribution >= 0.6 is 11.6 Å². The van der Waals surface area contributed by atoms with Gasteiger partial charge in [0.1, 0.15) is 5.82 Å². The van der Waals surface area contributed by atoms with Crippen LogP contribution in [-0.2, 0) is 14.4 Å². The van der Waals surface area contributed by atoms with Crippen LogP contribution in [0.2, 0.25) is 5.02 Å². The van der Waals surface area contributed by atoms with Crippen molar-refractivity contribution >= 4 is 35.4 Å². The molecule has 184 valence electrons. The van der Waals surface area contributed by atoms with Crippen molar-refractivity contribution < 1.29 is 18.8 Å². The van der Waals surface area contributed by atoms with Gasteiger partial charge in [-0.2, -0.15) is 0 Å². The average Bonchev–Trinajstić information content (AvgIpc) is 3.08. The summed E-state index contributed by atoms with van der Waals surface area (Å²) in [5, 5.41) is 2.99. The third kappa shape index (κ3) is 6.16. The van der Waals surface area contributed by atoms with E-state index in [1.165, 1.54) is 18.2 Å². The minimum Gasteiger partial charge on any atom is -0.356 e. The summed E-state index contributed by atoms with van der Waals surface area (Å²) >= 11 is 5.79. The molecular formula is C25H32ClFN4O3. The van der Waals surface area contributed by atoms with Crippen LogP contribution in [0.5, 0.6) is 0 Å². The van der Waals surface area contributed by atoms with Crippen LogP contribution in [-0.4, -0.2) is 84.8 Å². The molecule has 1 N–H and O–H groups in total. The second-order valence-corrected chi connectivity index (χ2v) is 10.0. The van der Waals surface area contributed by atoms with Crippen molar-refractivity contribution in [3.05, 3.63) is 40.7 Å². The van der Waals surface area contributed by atoms with E-state index in [1.807, 2.05) is 4.90 Å². The predicted molar refractivity (Wildman–Crippen MR) is 129 cm³/mol. The van der Waals surface area contributed by atoms with Gasteiger partial charge in [0.15, 0.2) is 0 Å². The molecule has 0 saturated carbocycles. The maximum Gasteiger partial charge on any atom is 0.246 e. The molecule has 0 aliphatic carbocycles. The summed E-state index contributed by atoms with van der Waals surface area (Å²) in [5.74, 6) is -0.408. The zero-order valence-electron chi connectivity index (χ0n) is 19.4. The largest absolute Gasteiger partial charge is 0.356 e. The van der Waals surface area contributed by atoms with E-state index in [1.54, 1.807) is 17.0 Å². The molecule has 9 heteroatoms. The summed E-state index contributed by atoms with van der Waals surface area (Å²) in [7, 11) is 0. The fraction of sp³-hybridized carbons (Fsp3) is 0.560. The van der Waals surface area contributed by atoms with E-state index in [4.69, 9.17) is 11.6 Å². The highest BCUT2D eigenvalue weighted by Gasteiger charge is 2.40. The van der Waals surface area contributed by atoms with Gasteiger partial charge in [-0.25, -0.2) is 4.39 Å². The Kier molecular flexibility index (Phi) is 7.88. The summed E-state index contributed by atoms with van der Waals surface area (Å²) in [5.41, 5.74) is 0.800. The van der Waals surface area contributed by atoms with Crippen LogP contribution in [0.25, 0.3) is 6.08 Å². The van der Waals surface area contributed by atoms with E-state index in [-0.39, 0.29) is 28.2 Å². The minimum atomic E-state index is -0.497. The number of piperidine rings is 1. The smallest absolute Gasteiger partial charge is 0.246 e. The first kappa shape index (κ1) is 24.7. The molecule has 0 atom stereocenters. The van der Waals surface area contributed by atoms with Gasteiger partial charge in [-0.3, -0.25) is 14.4 Å². The number of nitrogens with one attached hydrogen (secondary N) is 1. The normalized spacial score (nSPS) is 21.4. The second-order valence-electron chi connectivity index (χ2n) is 9.61. The number of benzene rings is 1. The maximum absolute atomic E-state index is 13.3. The van der Waals surface area contributed by atoms with Crippen molar-refractivity contribution in [2.45, 2.75) is 32.1 Å². The molecule has 0 radical (unpaired) electrons. The third-order valence-corrected chi connectivity index (χ3v) is 7.57. The highest BCUT2D eigenvalue weighted by atomic mass is 35.5. The fourth-order valence-electron chi connectivity index (χ4n) is 5.05. The summed E-state index contributed by atoms with van der Waals surface area (Å²) in [4.78, 5) is 42.7. The van der Waals surface area contributed by atoms with Crippen LogP contribution < -0.4 is 5.32 Å². The first-order valence-electron chi connectivity index (χ1n) is 12.0. The first-order chi connectivity index (χ1) is 16.3.